The van der Waals surface area contributed by atoms with E-state index in [1.165, 1.54) is 16.8 Å². The molecule has 1 aliphatic carbocycles. The molecule has 0 bridgehead atoms. The van der Waals surface area contributed by atoms with E-state index in [9.17, 15) is 0 Å². The number of hydrazine groups is 1. The number of nitrogens with zero attached hydrogens (tertiary/aromatic N) is 2. The molecule has 1 unspecified atom stereocenters. The summed E-state index contributed by atoms with van der Waals surface area (Å²) in [6, 6.07) is 29.6. The molecule has 3 heteroatoms. The second kappa shape index (κ2) is 7.60. The zero-order valence-corrected chi connectivity index (χ0v) is 17.1. The largest absolute Gasteiger partial charge is 0.359 e. The van der Waals surface area contributed by atoms with E-state index in [4.69, 9.17) is 0 Å². The molecule has 0 saturated carbocycles. The molecule has 0 fully saturated rings. The summed E-state index contributed by atoms with van der Waals surface area (Å²) in [5.41, 5.74) is 11.9. The fourth-order valence-electron chi connectivity index (χ4n) is 4.44. The van der Waals surface area contributed by atoms with Crippen LogP contribution in [0.4, 0.5) is 17.1 Å². The van der Waals surface area contributed by atoms with Gasteiger partial charge in [-0.1, -0.05) is 61.2 Å². The molecule has 0 amide bonds. The number of para-hydroxylation sites is 3. The summed E-state index contributed by atoms with van der Waals surface area (Å²) in [6.07, 6.45) is 4.39. The van der Waals surface area contributed by atoms with Crippen molar-refractivity contribution in [3.8, 4) is 0 Å². The van der Waals surface area contributed by atoms with Gasteiger partial charge in [0.25, 0.3) is 0 Å². The van der Waals surface area contributed by atoms with Crippen LogP contribution in [0.2, 0.25) is 0 Å². The number of anilines is 3. The fraction of sp³-hybridized carbons (Fsp3) is 0.111. The van der Waals surface area contributed by atoms with Crippen molar-refractivity contribution < 1.29 is 0 Å². The number of benzene rings is 3. The van der Waals surface area contributed by atoms with Crippen LogP contribution in [0.15, 0.2) is 115 Å². The minimum Gasteiger partial charge on any atom is -0.359 e. The van der Waals surface area contributed by atoms with Crippen LogP contribution in [-0.4, -0.2) is 12.6 Å². The van der Waals surface area contributed by atoms with Crippen molar-refractivity contribution in [2.45, 2.75) is 13.0 Å². The van der Waals surface area contributed by atoms with E-state index >= 15 is 0 Å². The molecule has 3 aromatic carbocycles. The smallest absolute Gasteiger partial charge is 0.0966 e. The number of nitrogens with one attached hydrogen (secondary N) is 1. The number of hydrogen-bond donors (Lipinski definition) is 1. The molecule has 30 heavy (non-hydrogen) atoms. The van der Waals surface area contributed by atoms with E-state index in [1.807, 2.05) is 12.1 Å². The molecule has 5 rings (SSSR count). The number of hydrogen-bond acceptors (Lipinski definition) is 3. The first-order chi connectivity index (χ1) is 14.8. The highest BCUT2D eigenvalue weighted by Gasteiger charge is 2.37. The van der Waals surface area contributed by atoms with E-state index in [0.29, 0.717) is 0 Å². The molecule has 1 N–H and O–H groups in total. The van der Waals surface area contributed by atoms with Gasteiger partial charge >= 0.3 is 0 Å². The lowest BCUT2D eigenvalue weighted by atomic mass is 9.92. The monoisotopic (exact) mass is 391 g/mol. The summed E-state index contributed by atoms with van der Waals surface area (Å²) in [6.45, 7) is 7.42. The summed E-state index contributed by atoms with van der Waals surface area (Å²) in [5, 5.41) is 2.15. The molecule has 0 radical (unpaired) electrons. The van der Waals surface area contributed by atoms with Crippen molar-refractivity contribution in [1.82, 2.24) is 5.43 Å². The zero-order chi connectivity index (χ0) is 20.5. The Kier molecular flexibility index (Phi) is 4.64. The third-order valence-corrected chi connectivity index (χ3v) is 5.72. The Labute approximate surface area is 178 Å². The quantitative estimate of drug-likeness (QED) is 0.532. The van der Waals surface area contributed by atoms with E-state index in [-0.39, 0.29) is 6.04 Å². The van der Waals surface area contributed by atoms with Crippen molar-refractivity contribution in [2.75, 3.05) is 16.5 Å². The normalized spacial score (nSPS) is 17.0. The molecule has 1 atom stereocenters. The van der Waals surface area contributed by atoms with Crippen molar-refractivity contribution >= 4 is 22.6 Å². The summed E-state index contributed by atoms with van der Waals surface area (Å²) >= 11 is 0. The van der Waals surface area contributed by atoms with Gasteiger partial charge in [-0.2, -0.15) is 0 Å². The van der Waals surface area contributed by atoms with Gasteiger partial charge < -0.3 is 4.90 Å². The third kappa shape index (κ3) is 3.09. The first-order valence-corrected chi connectivity index (χ1v) is 10.4. The molecule has 0 saturated heterocycles. The van der Waals surface area contributed by atoms with Gasteiger partial charge in [-0.25, -0.2) is 0 Å². The average molecular weight is 392 g/mol. The van der Waals surface area contributed by atoms with Gasteiger partial charge in [-0.3, -0.25) is 10.4 Å². The zero-order valence-electron chi connectivity index (χ0n) is 17.1. The van der Waals surface area contributed by atoms with Crippen molar-refractivity contribution in [3.05, 3.63) is 120 Å². The number of likely N-dealkylation sites (N-methyl/N-ethyl adjacent to an activating group) is 1. The first kappa shape index (κ1) is 18.3. The summed E-state index contributed by atoms with van der Waals surface area (Å²) in [4.78, 5) is 2.46. The van der Waals surface area contributed by atoms with Gasteiger partial charge in [-0.05, 0) is 60.6 Å². The maximum atomic E-state index is 4.27. The van der Waals surface area contributed by atoms with E-state index in [0.717, 1.165) is 29.2 Å². The van der Waals surface area contributed by atoms with E-state index in [1.54, 1.807) is 0 Å². The second-order valence-corrected chi connectivity index (χ2v) is 7.60. The van der Waals surface area contributed by atoms with Crippen LogP contribution < -0.4 is 15.3 Å². The number of fused-ring (bicyclic) bond motifs is 3. The Morgan fingerprint density at radius 3 is 2.07 bits per heavy atom. The van der Waals surface area contributed by atoms with Gasteiger partial charge in [0.05, 0.1) is 23.1 Å². The van der Waals surface area contributed by atoms with Gasteiger partial charge in [0.15, 0.2) is 0 Å². The Hall–Kier alpha value is -3.72. The molecule has 0 aromatic heterocycles. The van der Waals surface area contributed by atoms with Crippen molar-refractivity contribution in [1.29, 1.82) is 0 Å². The average Bonchev–Trinajstić information content (AvgIpc) is 3.12. The SMILES string of the molecule is C=C1C=C(NN(c2ccccc2)c2ccccc2)C2C(=C1)c1ccccc1N2CC. The van der Waals surface area contributed by atoms with Gasteiger partial charge in [0.2, 0.25) is 0 Å². The van der Waals surface area contributed by atoms with Crippen LogP contribution in [0.25, 0.3) is 5.57 Å². The maximum absolute atomic E-state index is 4.27. The molecule has 148 valence electrons. The predicted molar refractivity (Wildman–Crippen MR) is 127 cm³/mol. The minimum atomic E-state index is 0.146. The van der Waals surface area contributed by atoms with Gasteiger partial charge in [0.1, 0.15) is 0 Å². The molecule has 3 nitrogen and oxygen atoms in total. The molecule has 1 heterocycles. The molecule has 3 aromatic rings. The lowest BCUT2D eigenvalue weighted by Crippen LogP contribution is -2.44. The van der Waals surface area contributed by atoms with Gasteiger partial charge in [-0.15, -0.1) is 0 Å². The lowest BCUT2D eigenvalue weighted by Gasteiger charge is -2.36. The third-order valence-electron chi connectivity index (χ3n) is 5.72. The second-order valence-electron chi connectivity index (χ2n) is 7.60. The van der Waals surface area contributed by atoms with Crippen LogP contribution in [0.1, 0.15) is 12.5 Å². The standard InChI is InChI=1S/C27H25N3/c1-3-29-26-17-11-10-16-23(26)24-18-20(2)19-25(27(24)29)28-30(21-12-6-4-7-13-21)22-14-8-5-9-15-22/h4-19,27-28H,2-3H2,1H3. The van der Waals surface area contributed by atoms with Crippen LogP contribution >= 0.6 is 0 Å². The Morgan fingerprint density at radius 1 is 0.833 bits per heavy atom. The first-order valence-electron chi connectivity index (χ1n) is 10.4. The van der Waals surface area contributed by atoms with Crippen LogP contribution in [0.3, 0.4) is 0 Å². The van der Waals surface area contributed by atoms with Crippen LogP contribution in [0.5, 0.6) is 0 Å². The highest BCUT2D eigenvalue weighted by molar-refractivity contribution is 5.92. The fourth-order valence-corrected chi connectivity index (χ4v) is 4.44. The molecule has 1 aliphatic heterocycles. The minimum absolute atomic E-state index is 0.146. The summed E-state index contributed by atoms with van der Waals surface area (Å²) in [7, 11) is 0. The number of rotatable bonds is 5. The predicted octanol–water partition coefficient (Wildman–Crippen LogP) is 6.08. The van der Waals surface area contributed by atoms with Crippen molar-refractivity contribution in [3.63, 3.8) is 0 Å². The summed E-state index contributed by atoms with van der Waals surface area (Å²) < 4.78 is 0. The molecular weight excluding hydrogens is 366 g/mol. The molecule has 2 aliphatic rings. The Bertz CT molecular complexity index is 1090. The Balaban J connectivity index is 1.57. The van der Waals surface area contributed by atoms with Crippen LogP contribution in [-0.2, 0) is 0 Å². The topological polar surface area (TPSA) is 18.5 Å². The lowest BCUT2D eigenvalue weighted by molar-refractivity contribution is 0.712. The molecular formula is C27H25N3. The van der Waals surface area contributed by atoms with Crippen LogP contribution in [0, 0.1) is 0 Å². The number of allylic oxidation sites excluding steroid dienone is 3. The maximum Gasteiger partial charge on any atom is 0.0966 e. The van der Waals surface area contributed by atoms with E-state index < -0.39 is 0 Å². The van der Waals surface area contributed by atoms with E-state index in [2.05, 4.69) is 114 Å². The van der Waals surface area contributed by atoms with Gasteiger partial charge in [0, 0.05) is 17.8 Å². The summed E-state index contributed by atoms with van der Waals surface area (Å²) in [5.74, 6) is 0. The Morgan fingerprint density at radius 2 is 1.43 bits per heavy atom. The molecule has 0 spiro atoms. The highest BCUT2D eigenvalue weighted by Crippen LogP contribution is 2.45. The van der Waals surface area contributed by atoms with Crippen molar-refractivity contribution in [2.24, 2.45) is 0 Å². The highest BCUT2D eigenvalue weighted by atomic mass is 15.5.